The minimum Gasteiger partial charge on any atom is -0.322 e. The summed E-state index contributed by atoms with van der Waals surface area (Å²) in [7, 11) is 0. The molecule has 98 valence electrons. The van der Waals surface area contributed by atoms with E-state index in [1.807, 2.05) is 49.4 Å². The number of halogens is 2. The van der Waals surface area contributed by atoms with Crippen molar-refractivity contribution in [2.45, 2.75) is 12.3 Å². The van der Waals surface area contributed by atoms with Crippen LogP contribution in [0.25, 0.3) is 0 Å². The van der Waals surface area contributed by atoms with Crippen LogP contribution >= 0.6 is 31.9 Å². The molecule has 19 heavy (non-hydrogen) atoms. The number of hydrogen-bond donors (Lipinski definition) is 1. The number of nitrogens with one attached hydrogen (secondary N) is 1. The van der Waals surface area contributed by atoms with Gasteiger partial charge in [-0.1, -0.05) is 50.1 Å². The fraction of sp³-hybridized carbons (Fsp3) is 0.133. The first-order valence-corrected chi connectivity index (χ1v) is 7.74. The predicted molar refractivity (Wildman–Crippen MR) is 85.9 cm³/mol. The summed E-state index contributed by atoms with van der Waals surface area (Å²) in [6.45, 7) is 1.97. The molecule has 4 heteroatoms. The van der Waals surface area contributed by atoms with Crippen LogP contribution in [0.15, 0.2) is 46.9 Å². The van der Waals surface area contributed by atoms with Crippen molar-refractivity contribution in [3.8, 4) is 0 Å². The van der Waals surface area contributed by atoms with Gasteiger partial charge in [-0.3, -0.25) is 4.79 Å². The van der Waals surface area contributed by atoms with Crippen LogP contribution in [0, 0.1) is 6.92 Å². The third-order valence-electron chi connectivity index (χ3n) is 2.83. The molecule has 0 bridgehead atoms. The minimum atomic E-state index is -0.0935. The summed E-state index contributed by atoms with van der Waals surface area (Å²) >= 11 is 6.85. The van der Waals surface area contributed by atoms with E-state index in [4.69, 9.17) is 0 Å². The number of benzene rings is 2. The van der Waals surface area contributed by atoms with Crippen LogP contribution in [0.4, 0.5) is 5.69 Å². The molecule has 2 nitrogen and oxygen atoms in total. The van der Waals surface area contributed by atoms with Crippen LogP contribution in [0.1, 0.15) is 21.5 Å². The van der Waals surface area contributed by atoms with Crippen LogP contribution in [0.2, 0.25) is 0 Å². The molecule has 2 aromatic rings. The summed E-state index contributed by atoms with van der Waals surface area (Å²) in [6.07, 6.45) is 0. The van der Waals surface area contributed by atoms with E-state index in [0.717, 1.165) is 21.3 Å². The highest BCUT2D eigenvalue weighted by molar-refractivity contribution is 9.10. The van der Waals surface area contributed by atoms with Gasteiger partial charge >= 0.3 is 0 Å². The zero-order valence-corrected chi connectivity index (χ0v) is 13.6. The summed E-state index contributed by atoms with van der Waals surface area (Å²) in [6, 6.07) is 13.3. The van der Waals surface area contributed by atoms with Crippen molar-refractivity contribution in [1.82, 2.24) is 0 Å². The summed E-state index contributed by atoms with van der Waals surface area (Å²) < 4.78 is 1.00. The van der Waals surface area contributed by atoms with Crippen LogP contribution in [-0.2, 0) is 5.33 Å². The van der Waals surface area contributed by atoms with Gasteiger partial charge in [-0.25, -0.2) is 0 Å². The Hall–Kier alpha value is -1.13. The smallest absolute Gasteiger partial charge is 0.255 e. The van der Waals surface area contributed by atoms with E-state index in [-0.39, 0.29) is 5.91 Å². The molecule has 0 fully saturated rings. The third-order valence-corrected chi connectivity index (χ3v) is 4.32. The van der Waals surface area contributed by atoms with Crippen LogP contribution < -0.4 is 5.32 Å². The van der Waals surface area contributed by atoms with Gasteiger partial charge in [-0.05, 0) is 42.3 Å². The molecule has 2 aromatic carbocycles. The number of anilines is 1. The van der Waals surface area contributed by atoms with E-state index in [9.17, 15) is 4.79 Å². The number of amides is 1. The van der Waals surface area contributed by atoms with E-state index in [2.05, 4.69) is 37.2 Å². The Labute approximate surface area is 129 Å². The Morgan fingerprint density at radius 3 is 2.63 bits per heavy atom. The SMILES string of the molecule is Cc1cc(C(=O)Nc2ccccc2CBr)ccc1Br. The molecule has 0 aliphatic rings. The fourth-order valence-electron chi connectivity index (χ4n) is 1.74. The maximum absolute atomic E-state index is 12.2. The van der Waals surface area contributed by atoms with Crippen LogP contribution in [-0.4, -0.2) is 5.91 Å². The number of carbonyl (C=O) groups is 1. The van der Waals surface area contributed by atoms with Crippen molar-refractivity contribution in [3.05, 3.63) is 63.6 Å². The summed E-state index contributed by atoms with van der Waals surface area (Å²) in [4.78, 5) is 12.2. The van der Waals surface area contributed by atoms with Crippen molar-refractivity contribution in [2.24, 2.45) is 0 Å². The zero-order valence-electron chi connectivity index (χ0n) is 10.4. The zero-order chi connectivity index (χ0) is 13.8. The van der Waals surface area contributed by atoms with E-state index in [0.29, 0.717) is 10.9 Å². The number of hydrogen-bond acceptors (Lipinski definition) is 1. The van der Waals surface area contributed by atoms with Gasteiger partial charge in [0.05, 0.1) is 0 Å². The average Bonchev–Trinajstić information content (AvgIpc) is 2.42. The Morgan fingerprint density at radius 2 is 1.95 bits per heavy atom. The first-order valence-electron chi connectivity index (χ1n) is 5.83. The Morgan fingerprint density at radius 1 is 1.21 bits per heavy atom. The first-order chi connectivity index (χ1) is 9.11. The molecule has 0 unspecified atom stereocenters. The van der Waals surface area contributed by atoms with Gasteiger partial charge in [0.2, 0.25) is 0 Å². The van der Waals surface area contributed by atoms with Gasteiger partial charge in [0.25, 0.3) is 5.91 Å². The van der Waals surface area contributed by atoms with E-state index in [1.165, 1.54) is 0 Å². The highest BCUT2D eigenvalue weighted by Gasteiger charge is 2.09. The fourth-order valence-corrected chi connectivity index (χ4v) is 2.47. The highest BCUT2D eigenvalue weighted by Crippen LogP contribution is 2.21. The lowest BCUT2D eigenvalue weighted by Crippen LogP contribution is -2.13. The number of para-hydroxylation sites is 1. The first kappa shape index (κ1) is 14.3. The average molecular weight is 383 g/mol. The van der Waals surface area contributed by atoms with E-state index in [1.54, 1.807) is 0 Å². The largest absolute Gasteiger partial charge is 0.322 e. The van der Waals surface area contributed by atoms with Crippen molar-refractivity contribution >= 4 is 43.5 Å². The molecular formula is C15H13Br2NO. The number of rotatable bonds is 3. The maximum Gasteiger partial charge on any atom is 0.255 e. The predicted octanol–water partition coefficient (Wildman–Crippen LogP) is 4.90. The normalized spacial score (nSPS) is 10.3. The van der Waals surface area contributed by atoms with Crippen molar-refractivity contribution in [3.63, 3.8) is 0 Å². The van der Waals surface area contributed by atoms with Gasteiger partial charge in [0.15, 0.2) is 0 Å². The molecule has 0 radical (unpaired) electrons. The summed E-state index contributed by atoms with van der Waals surface area (Å²) in [5, 5.41) is 3.65. The van der Waals surface area contributed by atoms with Crippen LogP contribution in [0.5, 0.6) is 0 Å². The quantitative estimate of drug-likeness (QED) is 0.751. The number of aryl methyl sites for hydroxylation is 1. The molecular weight excluding hydrogens is 370 g/mol. The monoisotopic (exact) mass is 381 g/mol. The molecule has 0 aliphatic heterocycles. The Balaban J connectivity index is 2.23. The topological polar surface area (TPSA) is 29.1 Å². The molecule has 0 atom stereocenters. The maximum atomic E-state index is 12.2. The molecule has 1 N–H and O–H groups in total. The van der Waals surface area contributed by atoms with Crippen molar-refractivity contribution in [2.75, 3.05) is 5.32 Å². The summed E-state index contributed by atoms with van der Waals surface area (Å²) in [5.41, 5.74) is 3.60. The molecule has 2 rings (SSSR count). The standard InChI is InChI=1S/C15H13Br2NO/c1-10-8-11(6-7-13(10)17)15(19)18-14-5-3-2-4-12(14)9-16/h2-8H,9H2,1H3,(H,18,19). The molecule has 0 spiro atoms. The highest BCUT2D eigenvalue weighted by atomic mass is 79.9. The number of carbonyl (C=O) groups excluding carboxylic acids is 1. The number of alkyl halides is 1. The molecule has 1 amide bonds. The van der Waals surface area contributed by atoms with E-state index < -0.39 is 0 Å². The lowest BCUT2D eigenvalue weighted by Gasteiger charge is -2.10. The van der Waals surface area contributed by atoms with Gasteiger partial charge in [-0.15, -0.1) is 0 Å². The molecule has 0 saturated heterocycles. The minimum absolute atomic E-state index is 0.0935. The molecule has 0 saturated carbocycles. The molecule has 0 aliphatic carbocycles. The third kappa shape index (κ3) is 3.45. The van der Waals surface area contributed by atoms with Gasteiger partial charge in [0, 0.05) is 21.1 Å². The summed E-state index contributed by atoms with van der Waals surface area (Å²) in [5.74, 6) is -0.0935. The van der Waals surface area contributed by atoms with Crippen molar-refractivity contribution < 1.29 is 4.79 Å². The Kier molecular flexibility index (Phi) is 4.77. The van der Waals surface area contributed by atoms with Gasteiger partial charge in [0.1, 0.15) is 0 Å². The van der Waals surface area contributed by atoms with Gasteiger partial charge < -0.3 is 5.32 Å². The molecule has 0 heterocycles. The second kappa shape index (κ2) is 6.35. The lowest BCUT2D eigenvalue weighted by atomic mass is 10.1. The Bertz CT molecular complexity index is 611. The van der Waals surface area contributed by atoms with Crippen LogP contribution in [0.3, 0.4) is 0 Å². The van der Waals surface area contributed by atoms with Crippen molar-refractivity contribution in [1.29, 1.82) is 0 Å². The van der Waals surface area contributed by atoms with Gasteiger partial charge in [-0.2, -0.15) is 0 Å². The van der Waals surface area contributed by atoms with E-state index >= 15 is 0 Å². The second-order valence-corrected chi connectivity index (χ2v) is 5.62. The lowest BCUT2D eigenvalue weighted by molar-refractivity contribution is 0.102. The molecule has 0 aromatic heterocycles. The second-order valence-electron chi connectivity index (χ2n) is 4.21.